The number of esters is 1. The van der Waals surface area contributed by atoms with Crippen molar-refractivity contribution in [2.75, 3.05) is 6.54 Å². The Labute approximate surface area is 82.2 Å². The summed E-state index contributed by atoms with van der Waals surface area (Å²) >= 11 is 0. The zero-order valence-corrected chi connectivity index (χ0v) is 8.32. The fraction of sp³-hybridized carbons (Fsp3) is 0.750. The molecule has 82 valence electrons. The Kier molecular flexibility index (Phi) is 4.52. The second kappa shape index (κ2) is 4.92. The largest absolute Gasteiger partial charge is 0.479 e. The topological polar surface area (TPSA) is 116 Å². The molecule has 5 N–H and O–H groups in total. The van der Waals surface area contributed by atoms with E-state index in [-0.39, 0.29) is 6.10 Å². The molecule has 0 bridgehead atoms. The van der Waals surface area contributed by atoms with Crippen molar-refractivity contribution in [3.63, 3.8) is 0 Å². The van der Waals surface area contributed by atoms with Gasteiger partial charge in [-0.3, -0.25) is 0 Å². The van der Waals surface area contributed by atoms with Gasteiger partial charge in [0.2, 0.25) is 5.54 Å². The zero-order chi connectivity index (χ0) is 11.4. The van der Waals surface area contributed by atoms with Gasteiger partial charge in [-0.2, -0.15) is 0 Å². The van der Waals surface area contributed by atoms with Crippen LogP contribution in [0.15, 0.2) is 0 Å². The predicted molar refractivity (Wildman–Crippen MR) is 49.5 cm³/mol. The van der Waals surface area contributed by atoms with E-state index < -0.39 is 24.0 Å². The maximum Gasteiger partial charge on any atom is 0.339 e. The molecule has 0 aliphatic heterocycles. The average Bonchev–Trinajstić information content (AvgIpc) is 2.15. The van der Waals surface area contributed by atoms with Crippen molar-refractivity contribution in [3.8, 4) is 0 Å². The maximum atomic E-state index is 11.3. The Bertz CT molecular complexity index is 231. The average molecular weight is 204 g/mol. The first kappa shape index (κ1) is 12.9. The highest BCUT2D eigenvalue weighted by molar-refractivity contribution is 6.04. The number of carboxylic acids is 1. The van der Waals surface area contributed by atoms with Crippen molar-refractivity contribution in [1.82, 2.24) is 0 Å². The minimum atomic E-state index is -2.14. The Hall–Kier alpha value is -1.14. The van der Waals surface area contributed by atoms with Crippen molar-refractivity contribution in [3.05, 3.63) is 0 Å². The van der Waals surface area contributed by atoms with Crippen molar-refractivity contribution in [2.45, 2.75) is 31.9 Å². The molecule has 0 aromatic heterocycles. The molecule has 0 radical (unpaired) electrons. The monoisotopic (exact) mass is 204 g/mol. The number of carbonyl (C=O) groups excluding carboxylic acids is 1. The molecule has 6 heteroatoms. The Morgan fingerprint density at radius 2 is 2.07 bits per heavy atom. The smallest absolute Gasteiger partial charge is 0.339 e. The van der Waals surface area contributed by atoms with Crippen LogP contribution in [0.5, 0.6) is 0 Å². The lowest BCUT2D eigenvalue weighted by Crippen LogP contribution is -2.61. The Morgan fingerprint density at radius 3 is 2.36 bits per heavy atom. The van der Waals surface area contributed by atoms with Gasteiger partial charge >= 0.3 is 11.9 Å². The molecule has 0 saturated heterocycles. The van der Waals surface area contributed by atoms with Gasteiger partial charge in [-0.25, -0.2) is 9.59 Å². The lowest BCUT2D eigenvalue weighted by molar-refractivity contribution is -0.163. The van der Waals surface area contributed by atoms with Crippen LogP contribution in [0, 0.1) is 0 Å². The van der Waals surface area contributed by atoms with Gasteiger partial charge < -0.3 is 21.3 Å². The maximum absolute atomic E-state index is 11.3. The van der Waals surface area contributed by atoms with E-state index in [1.54, 1.807) is 13.8 Å². The van der Waals surface area contributed by atoms with Crippen LogP contribution in [0.4, 0.5) is 0 Å². The number of nitrogens with two attached hydrogens (primary N) is 2. The number of rotatable bonds is 5. The molecule has 0 aromatic carbocycles. The van der Waals surface area contributed by atoms with Crippen LogP contribution in [0.3, 0.4) is 0 Å². The van der Waals surface area contributed by atoms with E-state index in [0.29, 0.717) is 6.42 Å². The molecule has 0 amide bonds. The van der Waals surface area contributed by atoms with Crippen LogP contribution in [0.25, 0.3) is 0 Å². The molecule has 0 rings (SSSR count). The standard InChI is InChI=1S/C8H16N2O4/c1-3-5(2)14-7(13)8(10,4-9)6(11)12/h5H,3-4,9-10H2,1-2H3,(H,11,12). The van der Waals surface area contributed by atoms with Gasteiger partial charge in [-0.1, -0.05) is 6.92 Å². The van der Waals surface area contributed by atoms with Gasteiger partial charge in [0.15, 0.2) is 0 Å². The molecule has 0 heterocycles. The lowest BCUT2D eigenvalue weighted by atomic mass is 10.0. The third-order valence-electron chi connectivity index (χ3n) is 1.95. The van der Waals surface area contributed by atoms with Crippen LogP contribution in [0.2, 0.25) is 0 Å². The van der Waals surface area contributed by atoms with Gasteiger partial charge in [-0.05, 0) is 13.3 Å². The number of hydrogen-bond donors (Lipinski definition) is 3. The number of hydrogen-bond acceptors (Lipinski definition) is 5. The van der Waals surface area contributed by atoms with Crippen LogP contribution < -0.4 is 11.5 Å². The number of carboxylic acid groups (broad SMARTS) is 1. The van der Waals surface area contributed by atoms with Crippen molar-refractivity contribution < 1.29 is 19.4 Å². The molecular weight excluding hydrogens is 188 g/mol. The molecule has 0 aromatic rings. The Morgan fingerprint density at radius 1 is 1.57 bits per heavy atom. The van der Waals surface area contributed by atoms with E-state index in [1.807, 2.05) is 0 Å². The fourth-order valence-corrected chi connectivity index (χ4v) is 0.629. The molecule has 0 spiro atoms. The molecular formula is C8H16N2O4. The summed E-state index contributed by atoms with van der Waals surface area (Å²) in [6, 6.07) is 0. The van der Waals surface area contributed by atoms with Gasteiger partial charge in [0.1, 0.15) is 0 Å². The van der Waals surface area contributed by atoms with E-state index in [9.17, 15) is 9.59 Å². The summed E-state index contributed by atoms with van der Waals surface area (Å²) in [6.07, 6.45) is 0.225. The minimum absolute atomic E-state index is 0.365. The summed E-state index contributed by atoms with van der Waals surface area (Å²) in [7, 11) is 0. The second-order valence-electron chi connectivity index (χ2n) is 3.10. The molecule has 14 heavy (non-hydrogen) atoms. The summed E-state index contributed by atoms with van der Waals surface area (Å²) in [6.45, 7) is 2.97. The summed E-state index contributed by atoms with van der Waals surface area (Å²) in [5.74, 6) is -2.48. The van der Waals surface area contributed by atoms with E-state index in [0.717, 1.165) is 0 Å². The van der Waals surface area contributed by atoms with E-state index in [1.165, 1.54) is 0 Å². The molecule has 6 nitrogen and oxygen atoms in total. The highest BCUT2D eigenvalue weighted by atomic mass is 16.5. The van der Waals surface area contributed by atoms with Gasteiger partial charge in [0.05, 0.1) is 6.10 Å². The lowest BCUT2D eigenvalue weighted by Gasteiger charge is -2.22. The van der Waals surface area contributed by atoms with Crippen molar-refractivity contribution in [1.29, 1.82) is 0 Å². The minimum Gasteiger partial charge on any atom is -0.479 e. The number of aliphatic carboxylic acids is 1. The van der Waals surface area contributed by atoms with Crippen LogP contribution in [0.1, 0.15) is 20.3 Å². The number of ether oxygens (including phenoxy) is 1. The van der Waals surface area contributed by atoms with Crippen molar-refractivity contribution >= 4 is 11.9 Å². The Balaban J connectivity index is 4.55. The normalized spacial score (nSPS) is 16.9. The molecule has 2 unspecified atom stereocenters. The van der Waals surface area contributed by atoms with Gasteiger partial charge in [-0.15, -0.1) is 0 Å². The first-order chi connectivity index (χ1) is 6.38. The van der Waals surface area contributed by atoms with E-state index in [2.05, 4.69) is 0 Å². The third-order valence-corrected chi connectivity index (χ3v) is 1.95. The SMILES string of the molecule is CCC(C)OC(=O)C(N)(CN)C(=O)O. The van der Waals surface area contributed by atoms with Gasteiger partial charge in [0, 0.05) is 6.54 Å². The van der Waals surface area contributed by atoms with E-state index >= 15 is 0 Å². The molecule has 2 atom stereocenters. The quantitative estimate of drug-likeness (QED) is 0.393. The summed E-state index contributed by atoms with van der Waals surface area (Å²) in [5, 5.41) is 8.68. The molecule has 0 aliphatic rings. The highest BCUT2D eigenvalue weighted by Gasteiger charge is 2.43. The van der Waals surface area contributed by atoms with E-state index in [4.69, 9.17) is 21.3 Å². The fourth-order valence-electron chi connectivity index (χ4n) is 0.629. The molecule has 0 fully saturated rings. The third kappa shape index (κ3) is 2.68. The first-order valence-electron chi connectivity index (χ1n) is 4.31. The van der Waals surface area contributed by atoms with Crippen LogP contribution >= 0.6 is 0 Å². The molecule has 0 aliphatic carbocycles. The summed E-state index contributed by atoms with van der Waals surface area (Å²) in [5.41, 5.74) is 8.27. The van der Waals surface area contributed by atoms with Gasteiger partial charge in [0.25, 0.3) is 0 Å². The highest BCUT2D eigenvalue weighted by Crippen LogP contribution is 2.06. The number of carbonyl (C=O) groups is 2. The zero-order valence-electron chi connectivity index (χ0n) is 8.32. The van der Waals surface area contributed by atoms with Crippen molar-refractivity contribution in [2.24, 2.45) is 11.5 Å². The summed E-state index contributed by atoms with van der Waals surface area (Å²) in [4.78, 5) is 22.0. The molecule has 0 saturated carbocycles. The summed E-state index contributed by atoms with van der Waals surface area (Å²) < 4.78 is 4.79. The predicted octanol–water partition coefficient (Wildman–Crippen LogP) is -0.931. The van der Waals surface area contributed by atoms with Crippen LogP contribution in [-0.4, -0.2) is 35.2 Å². The second-order valence-corrected chi connectivity index (χ2v) is 3.10. The first-order valence-corrected chi connectivity index (χ1v) is 4.31. The van der Waals surface area contributed by atoms with Crippen LogP contribution in [-0.2, 0) is 14.3 Å².